The second-order valence-corrected chi connectivity index (χ2v) is 7.53. The van der Waals surface area contributed by atoms with Crippen LogP contribution in [0.25, 0.3) is 21.3 Å². The maximum absolute atomic E-state index is 5.45. The molecule has 4 aromatic rings. The molecule has 136 valence electrons. The van der Waals surface area contributed by atoms with Crippen molar-refractivity contribution in [2.45, 2.75) is 0 Å². The Balaban J connectivity index is 1.83. The highest BCUT2D eigenvalue weighted by Gasteiger charge is 2.15. The van der Waals surface area contributed by atoms with Crippen LogP contribution in [0, 0.1) is 0 Å². The van der Waals surface area contributed by atoms with Gasteiger partial charge >= 0.3 is 0 Å². The Morgan fingerprint density at radius 3 is 2.63 bits per heavy atom. The zero-order valence-corrected chi connectivity index (χ0v) is 17.1. The number of ether oxygens (including phenoxy) is 2. The largest absolute Gasteiger partial charge is 0.493 e. The summed E-state index contributed by atoms with van der Waals surface area (Å²) in [5.41, 5.74) is 3.02. The molecule has 27 heavy (non-hydrogen) atoms. The molecule has 0 spiro atoms. The number of hydrogen-bond acceptors (Lipinski definition) is 6. The summed E-state index contributed by atoms with van der Waals surface area (Å²) in [7, 11) is 3.27. The Hall–Kier alpha value is -2.64. The summed E-state index contributed by atoms with van der Waals surface area (Å²) in [6, 6.07) is 13.9. The SMILES string of the molecule is COc1ccc(-c2csc3ncnc(Nc4cccc(Br)c4)c23)cc1OC. The van der Waals surface area contributed by atoms with E-state index in [0.717, 1.165) is 37.3 Å². The van der Waals surface area contributed by atoms with Crippen molar-refractivity contribution in [1.29, 1.82) is 0 Å². The van der Waals surface area contributed by atoms with Crippen LogP contribution in [0.2, 0.25) is 0 Å². The molecule has 0 saturated carbocycles. The number of benzene rings is 2. The average molecular weight is 442 g/mol. The van der Waals surface area contributed by atoms with Crippen LogP contribution in [0.4, 0.5) is 11.5 Å². The molecule has 5 nitrogen and oxygen atoms in total. The van der Waals surface area contributed by atoms with Gasteiger partial charge in [-0.15, -0.1) is 11.3 Å². The molecule has 0 fully saturated rings. The van der Waals surface area contributed by atoms with Gasteiger partial charge in [0, 0.05) is 21.1 Å². The molecule has 2 heterocycles. The zero-order valence-electron chi connectivity index (χ0n) is 14.7. The fraction of sp³-hybridized carbons (Fsp3) is 0.100. The normalized spacial score (nSPS) is 10.8. The number of nitrogens with one attached hydrogen (secondary N) is 1. The van der Waals surface area contributed by atoms with Crippen LogP contribution in [-0.4, -0.2) is 24.2 Å². The van der Waals surface area contributed by atoms with E-state index in [9.17, 15) is 0 Å². The maximum atomic E-state index is 5.45. The minimum absolute atomic E-state index is 0.688. The summed E-state index contributed by atoms with van der Waals surface area (Å²) in [6.07, 6.45) is 1.58. The fourth-order valence-corrected chi connectivity index (χ4v) is 4.20. The third-order valence-electron chi connectivity index (χ3n) is 4.15. The van der Waals surface area contributed by atoms with Gasteiger partial charge in [0.1, 0.15) is 17.0 Å². The van der Waals surface area contributed by atoms with Crippen molar-refractivity contribution in [2.75, 3.05) is 19.5 Å². The number of hydrogen-bond donors (Lipinski definition) is 1. The number of nitrogens with zero attached hydrogens (tertiary/aromatic N) is 2. The lowest BCUT2D eigenvalue weighted by Crippen LogP contribution is -1.96. The minimum Gasteiger partial charge on any atom is -0.493 e. The van der Waals surface area contributed by atoms with E-state index in [-0.39, 0.29) is 0 Å². The van der Waals surface area contributed by atoms with Crippen molar-refractivity contribution in [3.8, 4) is 22.6 Å². The molecule has 4 rings (SSSR count). The monoisotopic (exact) mass is 441 g/mol. The van der Waals surface area contributed by atoms with E-state index >= 15 is 0 Å². The molecule has 7 heteroatoms. The molecule has 0 amide bonds. The van der Waals surface area contributed by atoms with Crippen LogP contribution >= 0.6 is 27.3 Å². The molecule has 0 unspecified atom stereocenters. The zero-order chi connectivity index (χ0) is 18.8. The molecular weight excluding hydrogens is 426 g/mol. The predicted molar refractivity (Wildman–Crippen MR) is 113 cm³/mol. The number of rotatable bonds is 5. The number of fused-ring (bicyclic) bond motifs is 1. The van der Waals surface area contributed by atoms with Gasteiger partial charge in [-0.1, -0.05) is 28.1 Å². The first-order chi connectivity index (χ1) is 13.2. The molecule has 0 aliphatic rings. The summed E-state index contributed by atoms with van der Waals surface area (Å²) < 4.78 is 11.8. The van der Waals surface area contributed by atoms with Crippen LogP contribution in [0.1, 0.15) is 0 Å². The van der Waals surface area contributed by atoms with Gasteiger partial charge in [-0.05, 0) is 35.9 Å². The molecule has 1 N–H and O–H groups in total. The summed E-state index contributed by atoms with van der Waals surface area (Å²) >= 11 is 5.09. The van der Waals surface area contributed by atoms with Crippen LogP contribution in [-0.2, 0) is 0 Å². The van der Waals surface area contributed by atoms with E-state index < -0.39 is 0 Å². The molecule has 0 bridgehead atoms. The van der Waals surface area contributed by atoms with Crippen LogP contribution in [0.15, 0.2) is 58.6 Å². The van der Waals surface area contributed by atoms with E-state index in [2.05, 4.69) is 36.6 Å². The first kappa shape index (κ1) is 17.8. The highest BCUT2D eigenvalue weighted by molar-refractivity contribution is 9.10. The lowest BCUT2D eigenvalue weighted by molar-refractivity contribution is 0.355. The lowest BCUT2D eigenvalue weighted by atomic mass is 10.1. The average Bonchev–Trinajstić information content (AvgIpc) is 3.13. The molecular formula is C20H16BrN3O2S. The summed E-state index contributed by atoms with van der Waals surface area (Å²) in [6.45, 7) is 0. The maximum Gasteiger partial charge on any atom is 0.161 e. The first-order valence-electron chi connectivity index (χ1n) is 8.17. The molecule has 2 aromatic heterocycles. The number of halogens is 1. The molecule has 0 atom stereocenters. The Kier molecular flexibility index (Phi) is 4.96. The number of methoxy groups -OCH3 is 2. The first-order valence-corrected chi connectivity index (χ1v) is 9.84. The van der Waals surface area contributed by atoms with Gasteiger partial charge in [-0.3, -0.25) is 0 Å². The number of anilines is 2. The van der Waals surface area contributed by atoms with Gasteiger partial charge < -0.3 is 14.8 Å². The molecule has 0 aliphatic heterocycles. The molecule has 0 saturated heterocycles. The van der Waals surface area contributed by atoms with E-state index in [4.69, 9.17) is 9.47 Å². The van der Waals surface area contributed by atoms with Gasteiger partial charge in [0.2, 0.25) is 0 Å². The standard InChI is InChI=1S/C20H16BrN3O2S/c1-25-16-7-6-12(8-17(16)26-2)15-10-27-20-18(15)19(22-11-23-20)24-14-5-3-4-13(21)9-14/h3-11H,1-2H3,(H,22,23,24). The second kappa shape index (κ2) is 7.54. The quantitative estimate of drug-likeness (QED) is 0.418. The van der Waals surface area contributed by atoms with Crippen molar-refractivity contribution in [2.24, 2.45) is 0 Å². The van der Waals surface area contributed by atoms with Gasteiger partial charge in [-0.2, -0.15) is 0 Å². The molecule has 0 radical (unpaired) electrons. The van der Waals surface area contributed by atoms with E-state index in [0.29, 0.717) is 11.5 Å². The van der Waals surface area contributed by atoms with Crippen LogP contribution in [0.3, 0.4) is 0 Å². The van der Waals surface area contributed by atoms with E-state index in [1.165, 1.54) is 0 Å². The van der Waals surface area contributed by atoms with Crippen LogP contribution < -0.4 is 14.8 Å². The predicted octanol–water partition coefficient (Wildman–Crippen LogP) is 5.88. The molecule has 0 aliphatic carbocycles. The minimum atomic E-state index is 0.688. The topological polar surface area (TPSA) is 56.3 Å². The fourth-order valence-electron chi connectivity index (χ4n) is 2.89. The highest BCUT2D eigenvalue weighted by atomic mass is 79.9. The molecule has 2 aromatic carbocycles. The third-order valence-corrected chi connectivity index (χ3v) is 5.53. The van der Waals surface area contributed by atoms with Gasteiger partial charge in [0.05, 0.1) is 19.6 Å². The lowest BCUT2D eigenvalue weighted by Gasteiger charge is -2.11. The summed E-state index contributed by atoms with van der Waals surface area (Å²) in [5, 5.41) is 6.48. The van der Waals surface area contributed by atoms with Crippen LogP contribution in [0.5, 0.6) is 11.5 Å². The summed E-state index contributed by atoms with van der Waals surface area (Å²) in [4.78, 5) is 9.83. The summed E-state index contributed by atoms with van der Waals surface area (Å²) in [5.74, 6) is 2.15. The third kappa shape index (κ3) is 3.48. The highest BCUT2D eigenvalue weighted by Crippen LogP contribution is 2.40. The van der Waals surface area contributed by atoms with Gasteiger partial charge in [0.25, 0.3) is 0 Å². The number of aromatic nitrogens is 2. The smallest absolute Gasteiger partial charge is 0.161 e. The van der Waals surface area contributed by atoms with Crippen molar-refractivity contribution < 1.29 is 9.47 Å². The van der Waals surface area contributed by atoms with Crippen molar-refractivity contribution >= 4 is 49.0 Å². The van der Waals surface area contributed by atoms with Crippen molar-refractivity contribution in [3.05, 3.63) is 58.6 Å². The number of thiophene rings is 1. The van der Waals surface area contributed by atoms with E-state index in [1.807, 2.05) is 42.5 Å². The Bertz CT molecular complexity index is 1110. The Morgan fingerprint density at radius 2 is 1.85 bits per heavy atom. The Morgan fingerprint density at radius 1 is 1.00 bits per heavy atom. The van der Waals surface area contributed by atoms with Crippen molar-refractivity contribution in [1.82, 2.24) is 9.97 Å². The van der Waals surface area contributed by atoms with Gasteiger partial charge in [0.15, 0.2) is 11.5 Å². The van der Waals surface area contributed by atoms with Crippen molar-refractivity contribution in [3.63, 3.8) is 0 Å². The van der Waals surface area contributed by atoms with E-state index in [1.54, 1.807) is 31.9 Å². The van der Waals surface area contributed by atoms with Gasteiger partial charge in [-0.25, -0.2) is 9.97 Å². The Labute approximate surface area is 169 Å². The second-order valence-electron chi connectivity index (χ2n) is 5.76.